The van der Waals surface area contributed by atoms with Gasteiger partial charge >= 0.3 is 0 Å². The largest absolute Gasteiger partial charge is 0.490 e. The van der Waals surface area contributed by atoms with Crippen LogP contribution in [-0.4, -0.2) is 66.2 Å². The minimum absolute atomic E-state index is 0.170. The molecule has 0 spiro atoms. The van der Waals surface area contributed by atoms with Crippen molar-refractivity contribution in [3.8, 4) is 23.1 Å². The molecule has 3 heterocycles. The summed E-state index contributed by atoms with van der Waals surface area (Å²) in [6, 6.07) is 17.3. The molecule has 43 heavy (non-hydrogen) atoms. The Morgan fingerprint density at radius 3 is 2.70 bits per heavy atom. The molecule has 220 valence electrons. The van der Waals surface area contributed by atoms with Crippen LogP contribution in [-0.2, 0) is 9.53 Å². The number of ether oxygens (including phenoxy) is 3. The van der Waals surface area contributed by atoms with Gasteiger partial charge in [-0.3, -0.25) is 9.59 Å². The van der Waals surface area contributed by atoms with Crippen LogP contribution in [0.3, 0.4) is 0 Å². The second kappa shape index (κ2) is 12.5. The van der Waals surface area contributed by atoms with Crippen molar-refractivity contribution in [1.82, 2.24) is 14.6 Å². The first-order chi connectivity index (χ1) is 20.9. The van der Waals surface area contributed by atoms with E-state index in [0.717, 1.165) is 5.39 Å². The zero-order valence-electron chi connectivity index (χ0n) is 23.1. The number of carbonyl (C=O) groups excluding carboxylic acids is 1. The summed E-state index contributed by atoms with van der Waals surface area (Å²) >= 11 is 12.8. The monoisotopic (exact) mass is 620 g/mol. The van der Waals surface area contributed by atoms with Crippen molar-refractivity contribution in [2.24, 2.45) is 5.10 Å². The van der Waals surface area contributed by atoms with Crippen molar-refractivity contribution in [2.45, 2.75) is 6.92 Å². The van der Waals surface area contributed by atoms with E-state index in [0.29, 0.717) is 71.5 Å². The van der Waals surface area contributed by atoms with Crippen molar-refractivity contribution in [2.75, 3.05) is 39.5 Å². The van der Waals surface area contributed by atoms with E-state index in [4.69, 9.17) is 46.8 Å². The fourth-order valence-corrected chi connectivity index (χ4v) is 5.20. The van der Waals surface area contributed by atoms with E-state index in [1.807, 2.05) is 6.92 Å². The highest BCUT2D eigenvalue weighted by molar-refractivity contribution is 6.32. The van der Waals surface area contributed by atoms with Gasteiger partial charge in [0.15, 0.2) is 23.9 Å². The molecule has 1 amide bonds. The van der Waals surface area contributed by atoms with Gasteiger partial charge in [0.1, 0.15) is 5.58 Å². The van der Waals surface area contributed by atoms with Gasteiger partial charge in [-0.2, -0.15) is 9.78 Å². The number of amides is 1. The second-order valence-corrected chi connectivity index (χ2v) is 10.5. The minimum atomic E-state index is -0.381. The summed E-state index contributed by atoms with van der Waals surface area (Å²) in [6.45, 7) is 3.97. The molecule has 10 nitrogen and oxygen atoms in total. The third-order valence-corrected chi connectivity index (χ3v) is 7.33. The van der Waals surface area contributed by atoms with E-state index in [-0.39, 0.29) is 34.7 Å². The van der Waals surface area contributed by atoms with Crippen LogP contribution in [0, 0.1) is 0 Å². The number of morpholine rings is 1. The van der Waals surface area contributed by atoms with Crippen molar-refractivity contribution in [3.05, 3.63) is 86.6 Å². The predicted molar refractivity (Wildman–Crippen MR) is 165 cm³/mol. The van der Waals surface area contributed by atoms with Crippen LogP contribution in [0.15, 0.2) is 75.0 Å². The maximum Gasteiger partial charge on any atom is 0.282 e. The first-order valence-corrected chi connectivity index (χ1v) is 14.4. The molecule has 0 N–H and O–H groups in total. The summed E-state index contributed by atoms with van der Waals surface area (Å²) in [6.07, 6.45) is 1.47. The maximum absolute atomic E-state index is 13.6. The van der Waals surface area contributed by atoms with Gasteiger partial charge in [-0.25, -0.2) is 4.98 Å². The van der Waals surface area contributed by atoms with E-state index < -0.39 is 0 Å². The Balaban J connectivity index is 1.36. The maximum atomic E-state index is 13.6. The quantitative estimate of drug-likeness (QED) is 0.207. The van der Waals surface area contributed by atoms with E-state index in [1.165, 1.54) is 10.9 Å². The second-order valence-electron chi connectivity index (χ2n) is 9.65. The number of hydrogen-bond acceptors (Lipinski definition) is 8. The van der Waals surface area contributed by atoms with Gasteiger partial charge in [0.2, 0.25) is 5.82 Å². The van der Waals surface area contributed by atoms with E-state index in [2.05, 4.69) is 5.10 Å². The number of benzene rings is 3. The van der Waals surface area contributed by atoms with E-state index >= 15 is 0 Å². The number of hydrogen-bond donors (Lipinski definition) is 0. The van der Waals surface area contributed by atoms with Crippen LogP contribution in [0.2, 0.25) is 10.0 Å². The summed E-state index contributed by atoms with van der Waals surface area (Å²) in [5.41, 5.74) is 1.24. The van der Waals surface area contributed by atoms with E-state index in [9.17, 15) is 9.59 Å². The average molecular weight is 621 g/mol. The Labute approximate surface area is 256 Å². The number of para-hydroxylation sites is 1. The number of nitrogens with zero attached hydrogens (tertiary/aromatic N) is 4. The third kappa shape index (κ3) is 6.08. The van der Waals surface area contributed by atoms with Crippen molar-refractivity contribution >= 4 is 57.2 Å². The molecule has 1 aliphatic rings. The third-order valence-electron chi connectivity index (χ3n) is 6.81. The van der Waals surface area contributed by atoms with Gasteiger partial charge in [0.25, 0.3) is 11.5 Å². The number of fused-ring (bicyclic) bond motifs is 2. The fraction of sp³-hybridized carbons (Fsp3) is 0.226. The van der Waals surface area contributed by atoms with Gasteiger partial charge in [-0.15, -0.1) is 0 Å². The highest BCUT2D eigenvalue weighted by atomic mass is 35.5. The molecular formula is C31H26Cl2N4O6. The van der Waals surface area contributed by atoms with E-state index in [1.54, 1.807) is 65.6 Å². The summed E-state index contributed by atoms with van der Waals surface area (Å²) in [7, 11) is 0. The average Bonchev–Trinajstić information content (AvgIpc) is 3.43. The van der Waals surface area contributed by atoms with Crippen molar-refractivity contribution < 1.29 is 23.4 Å². The lowest BCUT2D eigenvalue weighted by atomic mass is 10.2. The summed E-state index contributed by atoms with van der Waals surface area (Å²) < 4.78 is 24.1. The standard InChI is InChI=1S/C31H26Cl2N4O6/c1-2-41-26-14-19(13-23(33)29(26)42-18-28(38)36-9-11-40-12-10-36)17-34-37-30(35-24-6-4-3-5-22(24)31(37)39)27-16-20-15-21(32)7-8-25(20)43-27/h3-8,13-17H,2,9-12,18H2,1H3. The van der Waals surface area contributed by atoms with Crippen LogP contribution in [0.4, 0.5) is 0 Å². The normalized spacial score (nSPS) is 13.7. The summed E-state index contributed by atoms with van der Waals surface area (Å²) in [4.78, 5) is 32.6. The number of furan rings is 1. The zero-order valence-corrected chi connectivity index (χ0v) is 24.6. The number of rotatable bonds is 8. The van der Waals surface area contributed by atoms with Gasteiger partial charge < -0.3 is 23.5 Å². The van der Waals surface area contributed by atoms with Crippen molar-refractivity contribution in [1.29, 1.82) is 0 Å². The highest BCUT2D eigenvalue weighted by Gasteiger charge is 2.20. The Morgan fingerprint density at radius 1 is 1.07 bits per heavy atom. The smallest absolute Gasteiger partial charge is 0.282 e. The lowest BCUT2D eigenvalue weighted by Crippen LogP contribution is -2.43. The lowest BCUT2D eigenvalue weighted by Gasteiger charge is -2.27. The highest BCUT2D eigenvalue weighted by Crippen LogP contribution is 2.36. The predicted octanol–water partition coefficient (Wildman–Crippen LogP) is 5.64. The molecule has 6 rings (SSSR count). The molecular weight excluding hydrogens is 595 g/mol. The molecule has 12 heteroatoms. The SMILES string of the molecule is CCOc1cc(C=Nn2c(-c3cc4cc(Cl)ccc4o3)nc3ccccc3c2=O)cc(Cl)c1OCC(=O)N1CCOCC1. The molecule has 1 fully saturated rings. The molecule has 1 saturated heterocycles. The molecule has 1 aliphatic heterocycles. The van der Waals surface area contributed by atoms with Gasteiger partial charge in [-0.1, -0.05) is 35.3 Å². The van der Waals surface area contributed by atoms with Crippen LogP contribution in [0.5, 0.6) is 11.5 Å². The molecule has 2 aromatic heterocycles. The van der Waals surface area contributed by atoms with Gasteiger partial charge in [0, 0.05) is 23.5 Å². The van der Waals surface area contributed by atoms with Crippen LogP contribution in [0.1, 0.15) is 12.5 Å². The number of carbonyl (C=O) groups is 1. The fourth-order valence-electron chi connectivity index (χ4n) is 4.74. The number of halogens is 2. The van der Waals surface area contributed by atoms with Crippen molar-refractivity contribution in [3.63, 3.8) is 0 Å². The Morgan fingerprint density at radius 2 is 1.88 bits per heavy atom. The Hall–Kier alpha value is -4.38. The molecule has 0 atom stereocenters. The summed E-state index contributed by atoms with van der Waals surface area (Å²) in [5, 5.41) is 6.43. The lowest BCUT2D eigenvalue weighted by molar-refractivity contribution is -0.137. The topological polar surface area (TPSA) is 108 Å². The Bertz CT molecular complexity index is 1910. The first-order valence-electron chi connectivity index (χ1n) is 13.6. The van der Waals surface area contributed by atoms with Crippen LogP contribution >= 0.6 is 23.2 Å². The molecule has 0 radical (unpaired) electrons. The summed E-state index contributed by atoms with van der Waals surface area (Å²) in [5.74, 6) is 0.970. The van der Waals surface area contributed by atoms with Crippen LogP contribution < -0.4 is 15.0 Å². The van der Waals surface area contributed by atoms with Crippen LogP contribution in [0.25, 0.3) is 33.5 Å². The van der Waals surface area contributed by atoms with Gasteiger partial charge in [-0.05, 0) is 61.0 Å². The molecule has 5 aromatic rings. The van der Waals surface area contributed by atoms with Gasteiger partial charge in [0.05, 0.1) is 42.0 Å². The molecule has 3 aromatic carbocycles. The molecule has 0 unspecified atom stereocenters. The first kappa shape index (κ1) is 28.7. The molecule has 0 bridgehead atoms. The Kier molecular flexibility index (Phi) is 8.33. The molecule has 0 saturated carbocycles. The minimum Gasteiger partial charge on any atom is -0.490 e. The zero-order chi connectivity index (χ0) is 29.9. The number of aromatic nitrogens is 2. The molecule has 0 aliphatic carbocycles.